The minimum Gasteiger partial charge on any atom is -0.358 e. The van der Waals surface area contributed by atoms with Crippen molar-refractivity contribution < 1.29 is 13.7 Å². The lowest BCUT2D eigenvalue weighted by Crippen LogP contribution is -2.03. The lowest BCUT2D eigenvalue weighted by molar-refractivity contribution is -0.391. The van der Waals surface area contributed by atoms with Gasteiger partial charge in [-0.3, -0.25) is 0 Å². The lowest BCUT2D eigenvalue weighted by atomic mass is 10.1. The monoisotopic (exact) mass is 300 g/mol. The standard InChI is InChI=1S/C7H4BrClF2N2O2/c8-4-2-12-7(13(14)15)5(6(10)11)3(4)1-9/h2,6H,1H2. The summed E-state index contributed by atoms with van der Waals surface area (Å²) < 4.78 is 25.4. The second-order valence-electron chi connectivity index (χ2n) is 2.51. The Kier molecular flexibility index (Phi) is 3.92. The molecule has 0 saturated heterocycles. The van der Waals surface area contributed by atoms with Gasteiger partial charge in [-0.15, -0.1) is 11.6 Å². The van der Waals surface area contributed by atoms with Crippen molar-refractivity contribution in [3.05, 3.63) is 31.9 Å². The molecule has 4 nitrogen and oxygen atoms in total. The SMILES string of the molecule is O=[N+]([O-])c1ncc(Br)c(CCl)c1C(F)F. The average molecular weight is 301 g/mol. The molecule has 0 unspecified atom stereocenters. The van der Waals surface area contributed by atoms with Crippen LogP contribution >= 0.6 is 27.5 Å². The summed E-state index contributed by atoms with van der Waals surface area (Å²) in [6, 6.07) is 0. The van der Waals surface area contributed by atoms with Crippen molar-refractivity contribution in [3.63, 3.8) is 0 Å². The summed E-state index contributed by atoms with van der Waals surface area (Å²) >= 11 is 8.40. The van der Waals surface area contributed by atoms with Gasteiger partial charge in [0, 0.05) is 11.4 Å². The zero-order chi connectivity index (χ0) is 11.6. The smallest absolute Gasteiger partial charge is 0.358 e. The van der Waals surface area contributed by atoms with Crippen LogP contribution in [-0.2, 0) is 5.88 Å². The van der Waals surface area contributed by atoms with Crippen LogP contribution in [0.15, 0.2) is 10.7 Å². The first-order valence-electron chi connectivity index (χ1n) is 3.64. The van der Waals surface area contributed by atoms with E-state index in [1.165, 1.54) is 0 Å². The fraction of sp³-hybridized carbons (Fsp3) is 0.286. The summed E-state index contributed by atoms with van der Waals surface area (Å²) in [6.45, 7) is 0. The normalized spacial score (nSPS) is 10.7. The van der Waals surface area contributed by atoms with E-state index in [1.807, 2.05) is 0 Å². The van der Waals surface area contributed by atoms with Crippen molar-refractivity contribution in [2.45, 2.75) is 12.3 Å². The van der Waals surface area contributed by atoms with Crippen LogP contribution in [0, 0.1) is 10.1 Å². The van der Waals surface area contributed by atoms with E-state index in [0.717, 1.165) is 6.20 Å². The molecule has 1 aromatic heterocycles. The van der Waals surface area contributed by atoms with E-state index in [4.69, 9.17) is 11.6 Å². The zero-order valence-electron chi connectivity index (χ0n) is 7.08. The summed E-state index contributed by atoms with van der Waals surface area (Å²) in [6.07, 6.45) is -1.90. The van der Waals surface area contributed by atoms with Gasteiger partial charge in [0.05, 0.1) is 4.47 Å². The molecule has 15 heavy (non-hydrogen) atoms. The Morgan fingerprint density at radius 1 is 1.67 bits per heavy atom. The van der Waals surface area contributed by atoms with Crippen LogP contribution in [0.1, 0.15) is 17.6 Å². The van der Waals surface area contributed by atoms with Gasteiger partial charge in [-0.1, -0.05) is 0 Å². The van der Waals surface area contributed by atoms with Gasteiger partial charge >= 0.3 is 5.82 Å². The Labute approximate surface area is 96.5 Å². The maximum atomic E-state index is 12.6. The minimum atomic E-state index is -2.98. The molecule has 0 aromatic carbocycles. The highest BCUT2D eigenvalue weighted by Gasteiger charge is 2.28. The zero-order valence-corrected chi connectivity index (χ0v) is 9.43. The third-order valence-corrected chi connectivity index (χ3v) is 2.63. The number of rotatable bonds is 3. The van der Waals surface area contributed by atoms with Crippen molar-refractivity contribution in [2.75, 3.05) is 0 Å². The third kappa shape index (κ3) is 2.40. The van der Waals surface area contributed by atoms with Crippen molar-refractivity contribution in [2.24, 2.45) is 0 Å². The van der Waals surface area contributed by atoms with Crippen LogP contribution in [-0.4, -0.2) is 9.91 Å². The topological polar surface area (TPSA) is 56.0 Å². The van der Waals surface area contributed by atoms with Gasteiger partial charge in [0.15, 0.2) is 6.20 Å². The predicted octanol–water partition coefficient (Wildman–Crippen LogP) is 3.43. The first kappa shape index (κ1) is 12.3. The van der Waals surface area contributed by atoms with Crippen LogP contribution in [0.4, 0.5) is 14.6 Å². The average Bonchev–Trinajstić information content (AvgIpc) is 2.16. The Bertz CT molecular complexity index is 403. The first-order valence-corrected chi connectivity index (χ1v) is 4.97. The molecule has 1 aromatic rings. The Balaban J connectivity index is 3.49. The number of nitrogens with zero attached hydrogens (tertiary/aromatic N) is 2. The second-order valence-corrected chi connectivity index (χ2v) is 3.64. The van der Waals surface area contributed by atoms with E-state index in [9.17, 15) is 18.9 Å². The first-order chi connectivity index (χ1) is 6.99. The van der Waals surface area contributed by atoms with E-state index in [-0.39, 0.29) is 15.9 Å². The van der Waals surface area contributed by atoms with Crippen molar-refractivity contribution in [1.82, 2.24) is 4.98 Å². The third-order valence-electron chi connectivity index (χ3n) is 1.68. The molecule has 0 saturated carbocycles. The molecule has 0 radical (unpaired) electrons. The van der Waals surface area contributed by atoms with E-state index in [0.29, 0.717) is 0 Å². The number of pyridine rings is 1. The van der Waals surface area contributed by atoms with Gasteiger partial charge in [-0.2, -0.15) is 0 Å². The second kappa shape index (κ2) is 4.80. The van der Waals surface area contributed by atoms with Crippen molar-refractivity contribution >= 4 is 33.3 Å². The molecule has 0 atom stereocenters. The number of hydrogen-bond acceptors (Lipinski definition) is 3. The summed E-state index contributed by atoms with van der Waals surface area (Å²) in [4.78, 5) is 12.8. The Morgan fingerprint density at radius 2 is 2.27 bits per heavy atom. The highest BCUT2D eigenvalue weighted by Crippen LogP contribution is 2.35. The predicted molar refractivity (Wildman–Crippen MR) is 53.1 cm³/mol. The molecular formula is C7H4BrClF2N2O2. The Hall–Kier alpha value is -0.820. The van der Waals surface area contributed by atoms with E-state index in [1.54, 1.807) is 0 Å². The summed E-state index contributed by atoms with van der Waals surface area (Å²) in [7, 11) is 0. The minimum absolute atomic E-state index is 0.00614. The maximum absolute atomic E-state index is 12.6. The molecule has 0 aliphatic heterocycles. The van der Waals surface area contributed by atoms with Gasteiger partial charge in [0.1, 0.15) is 5.56 Å². The number of aromatic nitrogens is 1. The number of hydrogen-bond donors (Lipinski definition) is 0. The summed E-state index contributed by atoms with van der Waals surface area (Å²) in [5, 5.41) is 10.5. The van der Waals surface area contributed by atoms with E-state index < -0.39 is 22.7 Å². The molecule has 0 amide bonds. The fourth-order valence-electron chi connectivity index (χ4n) is 1.04. The van der Waals surface area contributed by atoms with E-state index >= 15 is 0 Å². The highest BCUT2D eigenvalue weighted by molar-refractivity contribution is 9.10. The van der Waals surface area contributed by atoms with E-state index in [2.05, 4.69) is 20.9 Å². The summed E-state index contributed by atoms with van der Waals surface area (Å²) in [5.74, 6) is -1.10. The lowest BCUT2D eigenvalue weighted by Gasteiger charge is -2.07. The van der Waals surface area contributed by atoms with Gasteiger partial charge in [-0.25, -0.2) is 8.78 Å². The van der Waals surface area contributed by atoms with Gasteiger partial charge < -0.3 is 10.1 Å². The number of nitro groups is 1. The molecule has 1 heterocycles. The quantitative estimate of drug-likeness (QED) is 0.488. The van der Waals surface area contributed by atoms with Crippen LogP contribution < -0.4 is 0 Å². The van der Waals surface area contributed by atoms with Crippen molar-refractivity contribution in [1.29, 1.82) is 0 Å². The molecule has 82 valence electrons. The molecule has 0 aliphatic rings. The van der Waals surface area contributed by atoms with Crippen LogP contribution in [0.5, 0.6) is 0 Å². The maximum Gasteiger partial charge on any atom is 0.372 e. The van der Waals surface area contributed by atoms with Gasteiger partial charge in [-0.05, 0) is 25.8 Å². The highest BCUT2D eigenvalue weighted by atomic mass is 79.9. The summed E-state index contributed by atoms with van der Waals surface area (Å²) in [5.41, 5.74) is -0.738. The van der Waals surface area contributed by atoms with Gasteiger partial charge in [0.2, 0.25) is 0 Å². The molecule has 0 spiro atoms. The van der Waals surface area contributed by atoms with Crippen LogP contribution in [0.3, 0.4) is 0 Å². The fourth-order valence-corrected chi connectivity index (χ4v) is 1.94. The molecule has 0 N–H and O–H groups in total. The van der Waals surface area contributed by atoms with Crippen LogP contribution in [0.2, 0.25) is 0 Å². The Morgan fingerprint density at radius 3 is 2.67 bits per heavy atom. The molecule has 0 fully saturated rings. The number of alkyl halides is 3. The van der Waals surface area contributed by atoms with Gasteiger partial charge in [0.25, 0.3) is 6.43 Å². The largest absolute Gasteiger partial charge is 0.372 e. The number of halogens is 4. The molecule has 8 heteroatoms. The van der Waals surface area contributed by atoms with Crippen molar-refractivity contribution in [3.8, 4) is 0 Å². The molecular weight excluding hydrogens is 297 g/mol. The molecule has 0 aliphatic carbocycles. The molecule has 1 rings (SSSR count). The molecule has 0 bridgehead atoms. The van der Waals surface area contributed by atoms with Crippen LogP contribution in [0.25, 0.3) is 0 Å².